The number of benzene rings is 3. The maximum Gasteiger partial charge on any atom is 0.343 e. The molecule has 12 heteroatoms. The zero-order valence-corrected chi connectivity index (χ0v) is 21.2. The average molecular weight is 535 g/mol. The van der Waals surface area contributed by atoms with E-state index in [4.69, 9.17) is 14.2 Å². The second kappa shape index (κ2) is 13.9. The first kappa shape index (κ1) is 28.3. The lowest BCUT2D eigenvalue weighted by Gasteiger charge is -2.09. The van der Waals surface area contributed by atoms with Crippen molar-refractivity contribution < 1.29 is 33.5 Å². The number of nitrogens with one attached hydrogen (secondary N) is 2. The van der Waals surface area contributed by atoms with Gasteiger partial charge in [0, 0.05) is 30.7 Å². The number of nitro groups is 1. The molecular formula is C27H26N4O8. The maximum atomic E-state index is 12.4. The average Bonchev–Trinajstić information content (AvgIpc) is 2.95. The number of ether oxygens (including phenoxy) is 3. The number of rotatable bonds is 12. The summed E-state index contributed by atoms with van der Waals surface area (Å²) < 4.78 is 15.7. The van der Waals surface area contributed by atoms with Gasteiger partial charge in [-0.05, 0) is 66.6 Å². The molecule has 202 valence electrons. The van der Waals surface area contributed by atoms with Gasteiger partial charge in [-0.15, -0.1) is 0 Å². The van der Waals surface area contributed by atoms with Gasteiger partial charge < -0.3 is 19.5 Å². The van der Waals surface area contributed by atoms with Gasteiger partial charge in [-0.25, -0.2) is 10.2 Å². The molecule has 0 heterocycles. The lowest BCUT2D eigenvalue weighted by Crippen LogP contribution is -2.26. The van der Waals surface area contributed by atoms with E-state index in [2.05, 4.69) is 15.8 Å². The molecule has 0 atom stereocenters. The normalized spacial score (nSPS) is 10.5. The highest BCUT2D eigenvalue weighted by molar-refractivity contribution is 5.94. The van der Waals surface area contributed by atoms with E-state index in [9.17, 15) is 24.5 Å². The van der Waals surface area contributed by atoms with Crippen molar-refractivity contribution in [3.8, 4) is 17.2 Å². The van der Waals surface area contributed by atoms with E-state index in [1.807, 2.05) is 0 Å². The highest BCUT2D eigenvalue weighted by atomic mass is 16.6. The topological polar surface area (TPSA) is 158 Å². The summed E-state index contributed by atoms with van der Waals surface area (Å²) in [5.41, 5.74) is 3.55. The highest BCUT2D eigenvalue weighted by Crippen LogP contribution is 2.28. The van der Waals surface area contributed by atoms with Gasteiger partial charge in [0.25, 0.3) is 11.6 Å². The summed E-state index contributed by atoms with van der Waals surface area (Å²) in [5.74, 6) is -0.0541. The van der Waals surface area contributed by atoms with Gasteiger partial charge >= 0.3 is 5.97 Å². The third kappa shape index (κ3) is 8.39. The Morgan fingerprint density at radius 2 is 1.59 bits per heavy atom. The van der Waals surface area contributed by atoms with Crippen LogP contribution in [-0.4, -0.2) is 49.7 Å². The largest absolute Gasteiger partial charge is 0.493 e. The fraction of sp³-hybridized carbons (Fsp3) is 0.185. The van der Waals surface area contributed by atoms with Crippen molar-refractivity contribution in [2.75, 3.05) is 20.8 Å². The van der Waals surface area contributed by atoms with Crippen LogP contribution >= 0.6 is 0 Å². The van der Waals surface area contributed by atoms with Gasteiger partial charge in [0.15, 0.2) is 11.5 Å². The smallest absolute Gasteiger partial charge is 0.343 e. The summed E-state index contributed by atoms with van der Waals surface area (Å²) in [6.45, 7) is 0.246. The lowest BCUT2D eigenvalue weighted by atomic mass is 10.2. The monoisotopic (exact) mass is 534 g/mol. The number of amides is 2. The summed E-state index contributed by atoms with van der Waals surface area (Å²) in [4.78, 5) is 46.6. The number of hydrogen-bond acceptors (Lipinski definition) is 9. The molecule has 0 bridgehead atoms. The first-order chi connectivity index (χ1) is 18.8. The quantitative estimate of drug-likeness (QED) is 0.0892. The first-order valence-corrected chi connectivity index (χ1v) is 11.7. The zero-order chi connectivity index (χ0) is 28.2. The van der Waals surface area contributed by atoms with Crippen LogP contribution in [0.1, 0.15) is 39.1 Å². The molecule has 0 saturated carbocycles. The van der Waals surface area contributed by atoms with Gasteiger partial charge in [0.2, 0.25) is 5.91 Å². The van der Waals surface area contributed by atoms with Crippen molar-refractivity contribution >= 4 is 29.7 Å². The van der Waals surface area contributed by atoms with Gasteiger partial charge in [0.05, 0.1) is 30.9 Å². The fourth-order valence-corrected chi connectivity index (χ4v) is 3.27. The number of carbonyl (C=O) groups excluding carboxylic acids is 3. The Labute approximate surface area is 223 Å². The van der Waals surface area contributed by atoms with Crippen LogP contribution in [0.3, 0.4) is 0 Å². The Morgan fingerprint density at radius 1 is 0.923 bits per heavy atom. The molecule has 0 aliphatic carbocycles. The van der Waals surface area contributed by atoms with Crippen molar-refractivity contribution in [1.29, 1.82) is 0 Å². The number of nitrogens with zero attached hydrogens (tertiary/aromatic N) is 2. The van der Waals surface area contributed by atoms with Gasteiger partial charge in [-0.2, -0.15) is 5.10 Å². The second-order valence-corrected chi connectivity index (χ2v) is 7.98. The molecule has 0 aliphatic heterocycles. The maximum absolute atomic E-state index is 12.4. The van der Waals surface area contributed by atoms with Gasteiger partial charge in [0.1, 0.15) is 5.75 Å². The predicted molar refractivity (Wildman–Crippen MR) is 141 cm³/mol. The molecule has 0 radical (unpaired) electrons. The standard InChI is InChI=1S/C27H26N4O8/c1-37-23-14-9-20(16-24(23)38-2)27(34)39-22-12-5-18(6-13-22)17-29-30-25(32)4-3-15-28-26(33)19-7-10-21(11-8-19)31(35)36/h5-14,16-17H,3-4,15H2,1-2H3,(H,28,33)(H,30,32)/b29-17+. The number of methoxy groups -OCH3 is 2. The molecule has 0 spiro atoms. The van der Waals surface area contributed by atoms with Crippen LogP contribution in [-0.2, 0) is 4.79 Å². The minimum atomic E-state index is -0.562. The van der Waals surface area contributed by atoms with Crippen LogP contribution < -0.4 is 25.0 Å². The highest BCUT2D eigenvalue weighted by Gasteiger charge is 2.13. The molecule has 0 fully saturated rings. The van der Waals surface area contributed by atoms with Crippen LogP contribution in [0.2, 0.25) is 0 Å². The van der Waals surface area contributed by atoms with Crippen molar-refractivity contribution in [2.45, 2.75) is 12.8 Å². The van der Waals surface area contributed by atoms with E-state index in [1.165, 1.54) is 50.8 Å². The van der Waals surface area contributed by atoms with Crippen molar-refractivity contribution in [1.82, 2.24) is 10.7 Å². The molecule has 0 unspecified atom stereocenters. The number of non-ortho nitro benzene ring substituents is 1. The molecule has 3 aromatic rings. The number of carbonyl (C=O) groups is 3. The molecule has 39 heavy (non-hydrogen) atoms. The summed E-state index contributed by atoms with van der Waals surface area (Å²) in [6.07, 6.45) is 1.94. The molecule has 0 aliphatic rings. The number of hydrazone groups is 1. The number of nitro benzene ring substituents is 1. The van der Waals surface area contributed by atoms with E-state index in [0.717, 1.165) is 0 Å². The fourth-order valence-electron chi connectivity index (χ4n) is 3.27. The molecule has 3 rings (SSSR count). The second-order valence-electron chi connectivity index (χ2n) is 7.98. The Morgan fingerprint density at radius 3 is 2.23 bits per heavy atom. The molecule has 3 aromatic carbocycles. The van der Waals surface area contributed by atoms with Crippen molar-refractivity contribution in [2.24, 2.45) is 5.10 Å². The molecule has 2 N–H and O–H groups in total. The van der Waals surface area contributed by atoms with E-state index in [-0.39, 0.29) is 36.0 Å². The Hall–Kier alpha value is -5.26. The molecule has 2 amide bonds. The molecule has 0 saturated heterocycles. The predicted octanol–water partition coefficient (Wildman–Crippen LogP) is 3.49. The van der Waals surface area contributed by atoms with Crippen LogP contribution in [0.25, 0.3) is 0 Å². The van der Waals surface area contributed by atoms with Crippen LogP contribution in [0.15, 0.2) is 71.8 Å². The summed E-state index contributed by atoms with van der Waals surface area (Å²) >= 11 is 0. The first-order valence-electron chi connectivity index (χ1n) is 11.7. The van der Waals surface area contributed by atoms with Crippen LogP contribution in [0.4, 0.5) is 5.69 Å². The summed E-state index contributed by atoms with van der Waals surface area (Å²) in [7, 11) is 2.98. The minimum Gasteiger partial charge on any atom is -0.493 e. The van der Waals surface area contributed by atoms with Crippen LogP contribution in [0.5, 0.6) is 17.2 Å². The Kier molecular flexibility index (Phi) is 10.1. The van der Waals surface area contributed by atoms with Crippen LogP contribution in [0, 0.1) is 10.1 Å². The lowest BCUT2D eigenvalue weighted by molar-refractivity contribution is -0.384. The SMILES string of the molecule is COc1ccc(C(=O)Oc2ccc(/C=N/NC(=O)CCCNC(=O)c3ccc([N+](=O)[O-])cc3)cc2)cc1OC. The molecular weight excluding hydrogens is 508 g/mol. The van der Waals surface area contributed by atoms with Gasteiger partial charge in [-0.3, -0.25) is 19.7 Å². The zero-order valence-electron chi connectivity index (χ0n) is 21.2. The van der Waals surface area contributed by atoms with E-state index >= 15 is 0 Å². The Balaban J connectivity index is 1.39. The third-order valence-electron chi connectivity index (χ3n) is 5.32. The van der Waals surface area contributed by atoms with E-state index in [0.29, 0.717) is 34.8 Å². The number of hydrogen-bond donors (Lipinski definition) is 2. The van der Waals surface area contributed by atoms with Crippen molar-refractivity contribution in [3.63, 3.8) is 0 Å². The third-order valence-corrected chi connectivity index (χ3v) is 5.32. The van der Waals surface area contributed by atoms with E-state index < -0.39 is 10.9 Å². The summed E-state index contributed by atoms with van der Waals surface area (Å²) in [6, 6.07) is 16.5. The Bertz CT molecular complexity index is 1360. The summed E-state index contributed by atoms with van der Waals surface area (Å²) in [5, 5.41) is 17.2. The minimum absolute atomic E-state index is 0.103. The molecule has 12 nitrogen and oxygen atoms in total. The van der Waals surface area contributed by atoms with E-state index in [1.54, 1.807) is 36.4 Å². The molecule has 0 aromatic heterocycles. The van der Waals surface area contributed by atoms with Gasteiger partial charge in [-0.1, -0.05) is 0 Å². The van der Waals surface area contributed by atoms with Crippen molar-refractivity contribution in [3.05, 3.63) is 93.5 Å². The number of esters is 1.